The van der Waals surface area contributed by atoms with Gasteiger partial charge in [0, 0.05) is 4.90 Å². The van der Waals surface area contributed by atoms with Crippen LogP contribution < -0.4 is 0 Å². The molecule has 0 aliphatic rings. The molecule has 5 heteroatoms. The average Bonchev–Trinajstić information content (AvgIpc) is 2.22. The molecule has 76 valence electrons. The Morgan fingerprint density at radius 1 is 1.20 bits per heavy atom. The Morgan fingerprint density at radius 2 is 2.00 bits per heavy atom. The fraction of sp³-hybridized carbons (Fsp3) is 0. The highest BCUT2D eigenvalue weighted by Gasteiger charge is 2.04. The van der Waals surface area contributed by atoms with E-state index in [9.17, 15) is 4.39 Å². The third-order valence-corrected chi connectivity index (χ3v) is 2.77. The lowest BCUT2D eigenvalue weighted by Crippen LogP contribution is -1.85. The van der Waals surface area contributed by atoms with Crippen molar-refractivity contribution in [2.45, 2.75) is 9.92 Å². The highest BCUT2D eigenvalue weighted by molar-refractivity contribution is 7.99. The zero-order chi connectivity index (χ0) is 10.7. The van der Waals surface area contributed by atoms with Crippen molar-refractivity contribution in [3.05, 3.63) is 47.6 Å². The van der Waals surface area contributed by atoms with Gasteiger partial charge in [-0.05, 0) is 12.1 Å². The van der Waals surface area contributed by atoms with Crippen molar-refractivity contribution in [1.29, 1.82) is 0 Å². The lowest BCUT2D eigenvalue weighted by molar-refractivity contribution is 0.602. The number of rotatable bonds is 2. The van der Waals surface area contributed by atoms with Crippen molar-refractivity contribution < 1.29 is 4.39 Å². The van der Waals surface area contributed by atoms with Gasteiger partial charge in [0.1, 0.15) is 16.0 Å². The number of hydrogen-bond acceptors (Lipinski definition) is 3. The van der Waals surface area contributed by atoms with Gasteiger partial charge >= 0.3 is 0 Å². The molecule has 0 aliphatic heterocycles. The first-order valence-corrected chi connectivity index (χ1v) is 5.35. The van der Waals surface area contributed by atoms with Gasteiger partial charge in [0.05, 0.1) is 12.4 Å². The SMILES string of the molecule is Fc1ccccc1Sc1cncc(Cl)n1. The van der Waals surface area contributed by atoms with Crippen molar-refractivity contribution >= 4 is 23.4 Å². The lowest BCUT2D eigenvalue weighted by Gasteiger charge is -2.01. The van der Waals surface area contributed by atoms with Crippen molar-refractivity contribution in [3.63, 3.8) is 0 Å². The Kier molecular flexibility index (Phi) is 3.18. The zero-order valence-electron chi connectivity index (χ0n) is 7.52. The van der Waals surface area contributed by atoms with Gasteiger partial charge in [0.25, 0.3) is 0 Å². The average molecular weight is 241 g/mol. The number of benzene rings is 1. The summed E-state index contributed by atoms with van der Waals surface area (Å²) in [5.74, 6) is -0.274. The molecule has 0 unspecified atom stereocenters. The summed E-state index contributed by atoms with van der Waals surface area (Å²) >= 11 is 6.87. The lowest BCUT2D eigenvalue weighted by atomic mass is 10.3. The predicted octanol–water partition coefficient (Wildman–Crippen LogP) is 3.42. The molecular formula is C10H6ClFN2S. The Hall–Kier alpha value is -1.13. The molecule has 1 heterocycles. The molecule has 0 amide bonds. The van der Waals surface area contributed by atoms with E-state index in [1.54, 1.807) is 24.4 Å². The molecule has 0 aliphatic carbocycles. The molecule has 0 bridgehead atoms. The molecule has 15 heavy (non-hydrogen) atoms. The van der Waals surface area contributed by atoms with Gasteiger partial charge < -0.3 is 0 Å². The van der Waals surface area contributed by atoms with Gasteiger partial charge in [-0.15, -0.1) is 0 Å². The molecule has 2 rings (SSSR count). The molecule has 1 aromatic carbocycles. The summed E-state index contributed by atoms with van der Waals surface area (Å²) in [6, 6.07) is 6.50. The van der Waals surface area contributed by atoms with Crippen LogP contribution >= 0.6 is 23.4 Å². The van der Waals surface area contributed by atoms with Crippen molar-refractivity contribution in [3.8, 4) is 0 Å². The molecule has 0 N–H and O–H groups in total. The van der Waals surface area contributed by atoms with E-state index in [1.165, 1.54) is 24.0 Å². The summed E-state index contributed by atoms with van der Waals surface area (Å²) in [7, 11) is 0. The first kappa shape index (κ1) is 10.4. The molecular weight excluding hydrogens is 235 g/mol. The summed E-state index contributed by atoms with van der Waals surface area (Å²) < 4.78 is 13.3. The fourth-order valence-electron chi connectivity index (χ4n) is 1.01. The van der Waals surface area contributed by atoms with Gasteiger partial charge in [-0.25, -0.2) is 9.37 Å². The molecule has 1 aromatic heterocycles. The molecule has 2 nitrogen and oxygen atoms in total. The highest BCUT2D eigenvalue weighted by Crippen LogP contribution is 2.27. The van der Waals surface area contributed by atoms with Crippen LogP contribution in [-0.4, -0.2) is 9.97 Å². The summed E-state index contributed by atoms with van der Waals surface area (Å²) in [4.78, 5) is 8.39. The van der Waals surface area contributed by atoms with E-state index in [1.807, 2.05) is 0 Å². The van der Waals surface area contributed by atoms with E-state index in [0.717, 1.165) is 0 Å². The second-order valence-corrected chi connectivity index (χ2v) is 4.16. The van der Waals surface area contributed by atoms with E-state index in [4.69, 9.17) is 11.6 Å². The minimum absolute atomic E-state index is 0.274. The molecule has 0 spiro atoms. The van der Waals surface area contributed by atoms with Crippen molar-refractivity contribution in [2.75, 3.05) is 0 Å². The second kappa shape index (κ2) is 4.59. The number of hydrogen-bond donors (Lipinski definition) is 0. The van der Waals surface area contributed by atoms with E-state index >= 15 is 0 Å². The van der Waals surface area contributed by atoms with Crippen LogP contribution in [0.4, 0.5) is 4.39 Å². The monoisotopic (exact) mass is 240 g/mol. The molecule has 0 fully saturated rings. The minimum atomic E-state index is -0.274. The van der Waals surface area contributed by atoms with Crippen LogP contribution in [0.3, 0.4) is 0 Å². The number of aromatic nitrogens is 2. The van der Waals surface area contributed by atoms with E-state index in [0.29, 0.717) is 15.1 Å². The van der Waals surface area contributed by atoms with Crippen LogP contribution in [0.25, 0.3) is 0 Å². The van der Waals surface area contributed by atoms with Crippen molar-refractivity contribution in [1.82, 2.24) is 9.97 Å². The third-order valence-electron chi connectivity index (χ3n) is 1.63. The Morgan fingerprint density at radius 3 is 2.73 bits per heavy atom. The smallest absolute Gasteiger partial charge is 0.148 e. The zero-order valence-corrected chi connectivity index (χ0v) is 9.10. The van der Waals surface area contributed by atoms with Crippen LogP contribution in [0.2, 0.25) is 5.15 Å². The Labute approximate surface area is 95.5 Å². The quantitative estimate of drug-likeness (QED) is 0.805. The molecule has 0 saturated carbocycles. The summed E-state index contributed by atoms with van der Waals surface area (Å²) in [6.45, 7) is 0. The van der Waals surface area contributed by atoms with Gasteiger partial charge in [-0.1, -0.05) is 35.5 Å². The van der Waals surface area contributed by atoms with Crippen LogP contribution in [0.1, 0.15) is 0 Å². The number of nitrogens with zero attached hydrogens (tertiary/aromatic N) is 2. The van der Waals surface area contributed by atoms with Crippen LogP contribution in [0, 0.1) is 5.82 Å². The van der Waals surface area contributed by atoms with Crippen molar-refractivity contribution in [2.24, 2.45) is 0 Å². The fourth-order valence-corrected chi connectivity index (χ4v) is 2.01. The topological polar surface area (TPSA) is 25.8 Å². The third kappa shape index (κ3) is 2.67. The predicted molar refractivity (Wildman–Crippen MR) is 57.6 cm³/mol. The highest BCUT2D eigenvalue weighted by atomic mass is 35.5. The molecule has 2 aromatic rings. The maximum atomic E-state index is 13.3. The Balaban J connectivity index is 2.26. The first-order valence-electron chi connectivity index (χ1n) is 4.15. The maximum absolute atomic E-state index is 13.3. The van der Waals surface area contributed by atoms with Crippen LogP contribution in [-0.2, 0) is 0 Å². The van der Waals surface area contributed by atoms with Crippen LogP contribution in [0.15, 0.2) is 46.6 Å². The normalized spacial score (nSPS) is 10.3. The van der Waals surface area contributed by atoms with Crippen LogP contribution in [0.5, 0.6) is 0 Å². The summed E-state index contributed by atoms with van der Waals surface area (Å²) in [6.07, 6.45) is 2.98. The molecule has 0 saturated heterocycles. The second-order valence-electron chi connectivity index (χ2n) is 2.71. The van der Waals surface area contributed by atoms with Gasteiger partial charge in [0.15, 0.2) is 0 Å². The van der Waals surface area contributed by atoms with Gasteiger partial charge in [-0.2, -0.15) is 0 Å². The minimum Gasteiger partial charge on any atom is -0.259 e. The molecule has 0 atom stereocenters. The number of halogens is 2. The van der Waals surface area contributed by atoms with E-state index in [2.05, 4.69) is 9.97 Å². The van der Waals surface area contributed by atoms with Gasteiger partial charge in [-0.3, -0.25) is 4.98 Å². The molecule has 0 radical (unpaired) electrons. The largest absolute Gasteiger partial charge is 0.259 e. The first-order chi connectivity index (χ1) is 7.25. The van der Waals surface area contributed by atoms with E-state index < -0.39 is 0 Å². The maximum Gasteiger partial charge on any atom is 0.148 e. The van der Waals surface area contributed by atoms with Gasteiger partial charge in [0.2, 0.25) is 0 Å². The summed E-state index contributed by atoms with van der Waals surface area (Å²) in [5.41, 5.74) is 0. The van der Waals surface area contributed by atoms with E-state index in [-0.39, 0.29) is 5.82 Å². The summed E-state index contributed by atoms with van der Waals surface area (Å²) in [5, 5.41) is 0.879. The Bertz CT molecular complexity index is 478. The standard InChI is InChI=1S/C10H6ClFN2S/c11-9-5-13-6-10(14-9)15-8-4-2-1-3-7(8)12/h1-6H.